The van der Waals surface area contributed by atoms with Crippen molar-refractivity contribution in [1.82, 2.24) is 14.8 Å². The lowest BCUT2D eigenvalue weighted by molar-refractivity contribution is -0.136. The zero-order valence-corrected chi connectivity index (χ0v) is 30.8. The van der Waals surface area contributed by atoms with E-state index < -0.39 is 11.3 Å². The van der Waals surface area contributed by atoms with Gasteiger partial charge in [0, 0.05) is 50.3 Å². The smallest absolute Gasteiger partial charge is 0.247 e. The molecule has 2 aliphatic heterocycles. The molecule has 0 bridgehead atoms. The number of pyridine rings is 1. The molecule has 2 amide bonds. The van der Waals surface area contributed by atoms with E-state index in [1.54, 1.807) is 29.3 Å². The third-order valence-electron chi connectivity index (χ3n) is 8.88. The van der Waals surface area contributed by atoms with Crippen LogP contribution in [0.5, 0.6) is 0 Å². The number of ether oxygens (including phenoxy) is 1. The van der Waals surface area contributed by atoms with Crippen molar-refractivity contribution in [3.63, 3.8) is 0 Å². The van der Waals surface area contributed by atoms with Crippen LogP contribution in [-0.2, 0) is 25.7 Å². The van der Waals surface area contributed by atoms with Gasteiger partial charge >= 0.3 is 0 Å². The second-order valence-corrected chi connectivity index (χ2v) is 14.0. The second kappa shape index (κ2) is 19.7. The number of carbonyl (C=O) groups is 3. The average molecular weight is 721 g/mol. The molecule has 1 unspecified atom stereocenters. The van der Waals surface area contributed by atoms with Gasteiger partial charge < -0.3 is 24.6 Å². The van der Waals surface area contributed by atoms with Gasteiger partial charge in [-0.15, -0.1) is 0 Å². The molecule has 0 saturated carbocycles. The van der Waals surface area contributed by atoms with Crippen LogP contribution in [-0.4, -0.2) is 90.4 Å². The Morgan fingerprint density at radius 1 is 1.10 bits per heavy atom. The summed E-state index contributed by atoms with van der Waals surface area (Å²) < 4.78 is 5.50. The van der Waals surface area contributed by atoms with Crippen LogP contribution < -0.4 is 10.2 Å². The Kier molecular flexibility index (Phi) is 14.5. The van der Waals surface area contributed by atoms with Crippen molar-refractivity contribution in [2.75, 3.05) is 56.7 Å². The fourth-order valence-electron chi connectivity index (χ4n) is 6.31. The third kappa shape index (κ3) is 11.1. The van der Waals surface area contributed by atoms with Crippen LogP contribution in [0.3, 0.4) is 0 Å². The van der Waals surface area contributed by atoms with Crippen molar-refractivity contribution >= 4 is 52.0 Å². The van der Waals surface area contributed by atoms with Crippen molar-refractivity contribution in [1.29, 1.82) is 0 Å². The van der Waals surface area contributed by atoms with Gasteiger partial charge in [0.15, 0.2) is 0 Å². The molecule has 10 nitrogen and oxygen atoms in total. The highest BCUT2D eigenvalue weighted by molar-refractivity contribution is 8.14. The molecule has 0 spiro atoms. The van der Waals surface area contributed by atoms with E-state index in [1.807, 2.05) is 74.7 Å². The number of benzene rings is 2. The molecule has 0 radical (unpaired) electrons. The predicted octanol–water partition coefficient (Wildman–Crippen LogP) is 6.76. The number of allylic oxidation sites excluding steroid dienone is 4. The SMILES string of the molecule is C=C/C=C(\C=C/C)CC(=O)N1CCC[C@H]1C(=O)Nc1ccc(C(C=O)SC(CN(C)Cc2ccccn2)=Nc2ccc(N3CCOCC3)cc2)cc1. The molecule has 3 heterocycles. The lowest BCUT2D eigenvalue weighted by Gasteiger charge is -2.28. The maximum Gasteiger partial charge on any atom is 0.247 e. The first-order chi connectivity index (χ1) is 25.4. The zero-order valence-electron chi connectivity index (χ0n) is 30.0. The number of thioether (sulfide) groups is 1. The van der Waals surface area contributed by atoms with E-state index in [0.29, 0.717) is 31.7 Å². The first kappa shape index (κ1) is 38.4. The number of amides is 2. The molecular weight excluding hydrogens is 673 g/mol. The Balaban J connectivity index is 1.27. The third-order valence-corrected chi connectivity index (χ3v) is 10.0. The van der Waals surface area contributed by atoms with Gasteiger partial charge in [0.25, 0.3) is 0 Å². The van der Waals surface area contributed by atoms with Gasteiger partial charge in [-0.1, -0.05) is 60.8 Å². The van der Waals surface area contributed by atoms with E-state index in [0.717, 1.165) is 72.3 Å². The topological polar surface area (TPSA) is 107 Å². The number of hydrogen-bond donors (Lipinski definition) is 1. The maximum absolute atomic E-state index is 13.4. The van der Waals surface area contributed by atoms with Gasteiger partial charge in [-0.25, -0.2) is 4.99 Å². The lowest BCUT2D eigenvalue weighted by atomic mass is 10.1. The number of rotatable bonds is 15. The van der Waals surface area contributed by atoms with Gasteiger partial charge in [-0.05, 0) is 86.5 Å². The van der Waals surface area contributed by atoms with Gasteiger partial charge in [0.1, 0.15) is 12.3 Å². The van der Waals surface area contributed by atoms with Gasteiger partial charge in [0.05, 0.1) is 41.3 Å². The number of anilines is 2. The number of hydrogen-bond acceptors (Lipinski definition) is 9. The number of nitrogens with zero attached hydrogens (tertiary/aromatic N) is 5. The number of aldehydes is 1. The summed E-state index contributed by atoms with van der Waals surface area (Å²) in [5.41, 5.74) is 5.14. The van der Waals surface area contributed by atoms with Crippen LogP contribution in [0.25, 0.3) is 0 Å². The molecule has 3 aromatic rings. The average Bonchev–Trinajstić information content (AvgIpc) is 3.66. The Labute approximate surface area is 311 Å². The summed E-state index contributed by atoms with van der Waals surface area (Å²) in [7, 11) is 2.01. The first-order valence-electron chi connectivity index (χ1n) is 17.7. The maximum atomic E-state index is 13.4. The van der Waals surface area contributed by atoms with E-state index in [2.05, 4.69) is 38.8 Å². The van der Waals surface area contributed by atoms with Crippen LogP contribution in [0.1, 0.15) is 42.7 Å². The Hall–Kier alpha value is -4.84. The summed E-state index contributed by atoms with van der Waals surface area (Å²) in [6, 6.07) is 20.8. The van der Waals surface area contributed by atoms with Crippen LogP contribution in [0.2, 0.25) is 0 Å². The summed E-state index contributed by atoms with van der Waals surface area (Å²) in [4.78, 5) is 54.6. The monoisotopic (exact) mass is 720 g/mol. The molecule has 2 aromatic carbocycles. The molecule has 2 saturated heterocycles. The Morgan fingerprint density at radius 3 is 2.54 bits per heavy atom. The number of aromatic nitrogens is 1. The van der Waals surface area contributed by atoms with Crippen LogP contribution >= 0.6 is 11.8 Å². The van der Waals surface area contributed by atoms with Crippen LogP contribution in [0.15, 0.2) is 114 Å². The van der Waals surface area contributed by atoms with Crippen LogP contribution in [0.4, 0.5) is 17.1 Å². The van der Waals surface area contributed by atoms with Crippen molar-refractivity contribution in [2.45, 2.75) is 44.0 Å². The van der Waals surface area contributed by atoms with E-state index in [1.165, 1.54) is 11.8 Å². The van der Waals surface area contributed by atoms with Gasteiger partial charge in [-0.3, -0.25) is 19.5 Å². The lowest BCUT2D eigenvalue weighted by Crippen LogP contribution is -2.43. The Bertz CT molecular complexity index is 1740. The predicted molar refractivity (Wildman–Crippen MR) is 211 cm³/mol. The molecule has 1 aromatic heterocycles. The minimum Gasteiger partial charge on any atom is -0.378 e. The van der Waals surface area contributed by atoms with Crippen molar-refractivity contribution < 1.29 is 19.1 Å². The highest BCUT2D eigenvalue weighted by Crippen LogP contribution is 2.32. The van der Waals surface area contributed by atoms with Gasteiger partial charge in [0.2, 0.25) is 11.8 Å². The summed E-state index contributed by atoms with van der Waals surface area (Å²) in [5, 5.41) is 3.26. The van der Waals surface area contributed by atoms with E-state index in [4.69, 9.17) is 9.73 Å². The molecule has 52 heavy (non-hydrogen) atoms. The molecule has 5 rings (SSSR count). The molecule has 2 aliphatic rings. The molecule has 272 valence electrons. The molecular formula is C41H48N6O4S. The number of likely N-dealkylation sites (tertiary alicyclic amines) is 1. The normalized spacial score (nSPS) is 17.4. The number of nitrogens with one attached hydrogen (secondary N) is 1. The summed E-state index contributed by atoms with van der Waals surface area (Å²) >= 11 is 1.41. The highest BCUT2D eigenvalue weighted by atomic mass is 32.2. The number of carbonyl (C=O) groups excluding carboxylic acids is 3. The largest absolute Gasteiger partial charge is 0.378 e. The summed E-state index contributed by atoms with van der Waals surface area (Å²) in [6.45, 7) is 10.5. The van der Waals surface area contributed by atoms with Crippen LogP contribution in [0, 0.1) is 0 Å². The minimum absolute atomic E-state index is 0.0822. The van der Waals surface area contributed by atoms with Crippen molar-refractivity contribution in [2.24, 2.45) is 4.99 Å². The summed E-state index contributed by atoms with van der Waals surface area (Å²) in [6.07, 6.45) is 11.5. The van der Waals surface area contributed by atoms with Crippen molar-refractivity contribution in [3.05, 3.63) is 121 Å². The van der Waals surface area contributed by atoms with Crippen molar-refractivity contribution in [3.8, 4) is 0 Å². The molecule has 1 N–H and O–H groups in total. The van der Waals surface area contributed by atoms with E-state index in [-0.39, 0.29) is 18.2 Å². The fraction of sp³-hybridized carbons (Fsp3) is 0.341. The molecule has 2 fully saturated rings. The fourth-order valence-corrected chi connectivity index (χ4v) is 7.41. The minimum atomic E-state index is -0.536. The number of morpholine rings is 1. The van der Waals surface area contributed by atoms with Gasteiger partial charge in [-0.2, -0.15) is 0 Å². The van der Waals surface area contributed by atoms with E-state index in [9.17, 15) is 14.4 Å². The first-order valence-corrected chi connectivity index (χ1v) is 18.6. The standard InChI is InChI=1S/C41H48N6O4S/c1-4-9-31(10-5-2)27-40(49)47-22-8-12-37(47)41(50)44-34-15-13-32(14-16-34)38(30-48)52-39(29-45(3)28-35-11-6-7-21-42-35)43-33-17-19-36(20-18-33)46-23-25-51-26-24-46/h4-7,9-11,13-21,30,37-38H,1,8,12,22-29H2,2-3H3,(H,44,50)/b10-5-,31-9+,43-39?/t37-,38?/m0/s1. The Morgan fingerprint density at radius 2 is 1.87 bits per heavy atom. The van der Waals surface area contributed by atoms with E-state index >= 15 is 0 Å². The molecule has 0 aliphatic carbocycles. The molecule has 11 heteroatoms. The number of aliphatic imine (C=N–C) groups is 1. The summed E-state index contributed by atoms with van der Waals surface area (Å²) in [5.74, 6) is -0.300. The molecule has 2 atom stereocenters. The highest BCUT2D eigenvalue weighted by Gasteiger charge is 2.34. The quantitative estimate of drug-likeness (QED) is 0.0795. The zero-order chi connectivity index (χ0) is 36.7. The second-order valence-electron chi connectivity index (χ2n) is 12.8.